The number of rotatable bonds is 13. The van der Waals surface area contributed by atoms with E-state index in [1.54, 1.807) is 54.7 Å². The maximum atomic E-state index is 12.8. The molecule has 0 unspecified atom stereocenters. The molecular formula is C35H40N2O5. The molecule has 0 aliphatic rings. The highest BCUT2D eigenvalue weighted by molar-refractivity contribution is 5.92. The number of nitrogens with zero attached hydrogens (tertiary/aromatic N) is 2. The molecule has 3 aromatic carbocycles. The lowest BCUT2D eigenvalue weighted by atomic mass is 10.1. The number of hydrogen-bond donors (Lipinski definition) is 0. The van der Waals surface area contributed by atoms with Gasteiger partial charge in [0.1, 0.15) is 17.2 Å². The summed E-state index contributed by atoms with van der Waals surface area (Å²) in [5, 5.41) is 0. The summed E-state index contributed by atoms with van der Waals surface area (Å²) in [4.78, 5) is 32.0. The van der Waals surface area contributed by atoms with Crippen molar-refractivity contribution in [2.24, 2.45) is 4.99 Å². The first-order valence-corrected chi connectivity index (χ1v) is 14.1. The standard InChI is InChI=1S/C35H40N2O5/c1-7-9-23-40-31-17-15-29(16-18-31)35(39)42-33-20-19-32(25(3)26(33)4)41-34(38)28-13-11-27(12-14-28)24-36-22-21-30(10-8-2)37(5)6/h8,10-22H,7,9,23-24H2,1-6H3/b10-8-,30-21+,36-22+. The van der Waals surface area contributed by atoms with Crippen LogP contribution in [0, 0.1) is 13.8 Å². The second-order valence-corrected chi connectivity index (χ2v) is 9.99. The van der Waals surface area contributed by atoms with Crippen LogP contribution in [-0.4, -0.2) is 43.8 Å². The van der Waals surface area contributed by atoms with Gasteiger partial charge in [0.2, 0.25) is 0 Å². The molecule has 7 heteroatoms. The number of carbonyl (C=O) groups is 2. The molecule has 0 N–H and O–H groups in total. The predicted octanol–water partition coefficient (Wildman–Crippen LogP) is 7.51. The van der Waals surface area contributed by atoms with Gasteiger partial charge in [0.05, 0.1) is 24.3 Å². The monoisotopic (exact) mass is 568 g/mol. The van der Waals surface area contributed by atoms with Gasteiger partial charge in [-0.15, -0.1) is 0 Å². The third-order valence-corrected chi connectivity index (χ3v) is 6.62. The first-order valence-electron chi connectivity index (χ1n) is 14.1. The topological polar surface area (TPSA) is 77.4 Å². The van der Waals surface area contributed by atoms with E-state index in [4.69, 9.17) is 14.2 Å². The van der Waals surface area contributed by atoms with Gasteiger partial charge in [-0.2, -0.15) is 0 Å². The number of likely N-dealkylation sites (N-methyl/N-ethyl adjacent to an activating group) is 1. The number of allylic oxidation sites excluding steroid dienone is 3. The highest BCUT2D eigenvalue weighted by Crippen LogP contribution is 2.30. The van der Waals surface area contributed by atoms with E-state index in [1.165, 1.54) is 0 Å². The van der Waals surface area contributed by atoms with E-state index < -0.39 is 11.9 Å². The second-order valence-electron chi connectivity index (χ2n) is 9.99. The van der Waals surface area contributed by atoms with Gasteiger partial charge in [-0.3, -0.25) is 4.99 Å². The van der Waals surface area contributed by atoms with Crippen molar-refractivity contribution in [2.45, 2.75) is 47.1 Å². The molecule has 0 bridgehead atoms. The van der Waals surface area contributed by atoms with E-state index >= 15 is 0 Å². The Balaban J connectivity index is 1.59. The van der Waals surface area contributed by atoms with Crippen LogP contribution in [0.2, 0.25) is 0 Å². The number of hydrogen-bond acceptors (Lipinski definition) is 7. The third-order valence-electron chi connectivity index (χ3n) is 6.62. The van der Waals surface area contributed by atoms with Crippen LogP contribution in [0.3, 0.4) is 0 Å². The van der Waals surface area contributed by atoms with Crippen LogP contribution < -0.4 is 14.2 Å². The lowest BCUT2D eigenvalue weighted by Gasteiger charge is -2.14. The van der Waals surface area contributed by atoms with Crippen molar-refractivity contribution in [3.63, 3.8) is 0 Å². The van der Waals surface area contributed by atoms with Gasteiger partial charge in [0.25, 0.3) is 0 Å². The zero-order chi connectivity index (χ0) is 30.5. The van der Waals surface area contributed by atoms with Crippen LogP contribution in [0.4, 0.5) is 0 Å². The number of unbranched alkanes of at least 4 members (excludes halogenated alkanes) is 1. The SMILES string of the molecule is C\C=C/C(=C\C=N\Cc1ccc(C(=O)Oc2ccc(OC(=O)c3ccc(OCCCC)cc3)c(C)c2C)cc1)N(C)C. The summed E-state index contributed by atoms with van der Waals surface area (Å²) in [5.74, 6) is 0.586. The highest BCUT2D eigenvalue weighted by Gasteiger charge is 2.16. The molecule has 3 rings (SSSR count). The van der Waals surface area contributed by atoms with Gasteiger partial charge < -0.3 is 19.1 Å². The summed E-state index contributed by atoms with van der Waals surface area (Å²) in [6.07, 6.45) is 9.76. The van der Waals surface area contributed by atoms with Gasteiger partial charge in [0, 0.05) is 26.0 Å². The van der Waals surface area contributed by atoms with Crippen molar-refractivity contribution in [3.05, 3.63) is 112 Å². The maximum absolute atomic E-state index is 12.8. The zero-order valence-electron chi connectivity index (χ0n) is 25.3. The summed E-state index contributed by atoms with van der Waals surface area (Å²) in [6, 6.07) is 17.3. The molecule has 0 aliphatic heterocycles. The Hall–Kier alpha value is -4.65. The van der Waals surface area contributed by atoms with Gasteiger partial charge in [0.15, 0.2) is 0 Å². The minimum absolute atomic E-state index is 0.406. The summed E-state index contributed by atoms with van der Waals surface area (Å²) in [5.41, 5.74) is 4.30. The molecule has 0 amide bonds. The highest BCUT2D eigenvalue weighted by atomic mass is 16.5. The summed E-state index contributed by atoms with van der Waals surface area (Å²) >= 11 is 0. The molecule has 42 heavy (non-hydrogen) atoms. The normalized spacial score (nSPS) is 11.6. The minimum atomic E-state index is -0.473. The Kier molecular flexibility index (Phi) is 12.1. The quantitative estimate of drug-likeness (QED) is 0.0698. The van der Waals surface area contributed by atoms with Crippen molar-refractivity contribution in [3.8, 4) is 17.2 Å². The van der Waals surface area contributed by atoms with Crippen molar-refractivity contribution >= 4 is 18.2 Å². The average Bonchev–Trinajstić information content (AvgIpc) is 2.99. The third kappa shape index (κ3) is 9.20. The molecule has 0 spiro atoms. The number of esters is 2. The van der Waals surface area contributed by atoms with Crippen LogP contribution >= 0.6 is 0 Å². The van der Waals surface area contributed by atoms with Crippen molar-refractivity contribution in [2.75, 3.05) is 20.7 Å². The molecule has 0 aliphatic carbocycles. The Morgan fingerprint density at radius 2 is 1.38 bits per heavy atom. The summed E-state index contributed by atoms with van der Waals surface area (Å²) in [6.45, 7) is 8.87. The van der Waals surface area contributed by atoms with Crippen LogP contribution in [0.5, 0.6) is 17.2 Å². The zero-order valence-corrected chi connectivity index (χ0v) is 25.3. The molecule has 0 fully saturated rings. The molecular weight excluding hydrogens is 528 g/mol. The van der Waals surface area contributed by atoms with Crippen LogP contribution in [0.15, 0.2) is 89.6 Å². The number of carbonyl (C=O) groups excluding carboxylic acids is 2. The predicted molar refractivity (Wildman–Crippen MR) is 168 cm³/mol. The Bertz CT molecular complexity index is 1440. The molecule has 0 heterocycles. The summed E-state index contributed by atoms with van der Waals surface area (Å²) in [7, 11) is 3.96. The molecule has 0 saturated carbocycles. The van der Waals surface area contributed by atoms with Crippen LogP contribution in [0.25, 0.3) is 0 Å². The van der Waals surface area contributed by atoms with Gasteiger partial charge in [-0.05, 0) is 105 Å². The first-order chi connectivity index (χ1) is 20.2. The van der Waals surface area contributed by atoms with E-state index in [2.05, 4.69) is 11.9 Å². The fraction of sp³-hybridized carbons (Fsp3) is 0.286. The van der Waals surface area contributed by atoms with E-state index in [0.717, 1.165) is 24.1 Å². The summed E-state index contributed by atoms with van der Waals surface area (Å²) < 4.78 is 17.0. The molecule has 220 valence electrons. The van der Waals surface area contributed by atoms with Gasteiger partial charge >= 0.3 is 11.9 Å². The number of benzene rings is 3. The van der Waals surface area contributed by atoms with Crippen molar-refractivity contribution in [1.29, 1.82) is 0 Å². The van der Waals surface area contributed by atoms with E-state index in [1.807, 2.05) is 70.1 Å². The second kappa shape index (κ2) is 16.0. The Morgan fingerprint density at radius 1 is 0.833 bits per heavy atom. The Morgan fingerprint density at radius 3 is 1.88 bits per heavy atom. The molecule has 0 radical (unpaired) electrons. The molecule has 0 saturated heterocycles. The lowest BCUT2D eigenvalue weighted by Crippen LogP contribution is -2.12. The Labute approximate surface area is 249 Å². The number of ether oxygens (including phenoxy) is 3. The van der Waals surface area contributed by atoms with Gasteiger partial charge in [-0.1, -0.05) is 31.6 Å². The van der Waals surface area contributed by atoms with Crippen LogP contribution in [-0.2, 0) is 6.54 Å². The number of aliphatic imine (C=N–C) groups is 1. The van der Waals surface area contributed by atoms with Gasteiger partial charge in [-0.25, -0.2) is 9.59 Å². The first kappa shape index (κ1) is 31.9. The minimum Gasteiger partial charge on any atom is -0.494 e. The van der Waals surface area contributed by atoms with Crippen molar-refractivity contribution < 1.29 is 23.8 Å². The average molecular weight is 569 g/mol. The molecule has 0 atom stereocenters. The van der Waals surface area contributed by atoms with Crippen molar-refractivity contribution in [1.82, 2.24) is 4.90 Å². The fourth-order valence-corrected chi connectivity index (χ4v) is 3.89. The molecule has 7 nitrogen and oxygen atoms in total. The van der Waals surface area contributed by atoms with E-state index in [-0.39, 0.29) is 0 Å². The van der Waals surface area contributed by atoms with E-state index in [9.17, 15) is 9.59 Å². The molecule has 3 aromatic rings. The fourth-order valence-electron chi connectivity index (χ4n) is 3.89. The maximum Gasteiger partial charge on any atom is 0.343 e. The lowest BCUT2D eigenvalue weighted by molar-refractivity contribution is 0.0717. The molecule has 0 aromatic heterocycles. The largest absolute Gasteiger partial charge is 0.494 e. The smallest absolute Gasteiger partial charge is 0.343 e. The van der Waals surface area contributed by atoms with Crippen LogP contribution in [0.1, 0.15) is 64.1 Å². The van der Waals surface area contributed by atoms with E-state index in [0.29, 0.717) is 52.7 Å².